The van der Waals surface area contributed by atoms with Crippen molar-refractivity contribution in [1.82, 2.24) is 0 Å². The zero-order valence-electron chi connectivity index (χ0n) is 9.68. The van der Waals surface area contributed by atoms with E-state index in [-0.39, 0.29) is 0 Å². The zero-order valence-corrected chi connectivity index (χ0v) is 11.3. The van der Waals surface area contributed by atoms with E-state index >= 15 is 0 Å². The Morgan fingerprint density at radius 2 is 1.78 bits per heavy atom. The molecule has 0 saturated carbocycles. The number of hydrogen-bond acceptors (Lipinski definition) is 2. The summed E-state index contributed by atoms with van der Waals surface area (Å²) in [5, 5.41) is 18.9. The molecule has 0 aromatic heterocycles. The summed E-state index contributed by atoms with van der Waals surface area (Å²) in [4.78, 5) is 0. The average Bonchev–Trinajstić information content (AvgIpc) is 2.41. The van der Waals surface area contributed by atoms with Gasteiger partial charge in [0.05, 0.1) is 17.7 Å². The van der Waals surface area contributed by atoms with Gasteiger partial charge in [0.1, 0.15) is 0 Å². The third kappa shape index (κ3) is 2.98. The van der Waals surface area contributed by atoms with Gasteiger partial charge < -0.3 is 5.11 Å². The second kappa shape index (κ2) is 5.81. The van der Waals surface area contributed by atoms with Gasteiger partial charge in [-0.3, -0.25) is 0 Å². The van der Waals surface area contributed by atoms with Crippen LogP contribution in [-0.4, -0.2) is 5.11 Å². The van der Waals surface area contributed by atoms with Gasteiger partial charge in [0, 0.05) is 10.9 Å². The lowest BCUT2D eigenvalue weighted by atomic mass is 10.0. The first-order valence-electron chi connectivity index (χ1n) is 5.62. The van der Waals surface area contributed by atoms with Crippen molar-refractivity contribution in [2.45, 2.75) is 12.5 Å². The van der Waals surface area contributed by atoms with Crippen LogP contribution in [0, 0.1) is 11.3 Å². The summed E-state index contributed by atoms with van der Waals surface area (Å²) >= 11 is 3.47. The highest BCUT2D eigenvalue weighted by Crippen LogP contribution is 2.23. The molecule has 2 aromatic rings. The van der Waals surface area contributed by atoms with Crippen molar-refractivity contribution in [3.63, 3.8) is 0 Å². The molecule has 90 valence electrons. The van der Waals surface area contributed by atoms with E-state index in [1.165, 1.54) is 0 Å². The van der Waals surface area contributed by atoms with Crippen LogP contribution >= 0.6 is 15.9 Å². The van der Waals surface area contributed by atoms with Crippen LogP contribution in [0.5, 0.6) is 0 Å². The molecule has 0 amide bonds. The summed E-state index contributed by atoms with van der Waals surface area (Å²) in [6.07, 6.45) is -0.00992. The number of nitriles is 1. The molecule has 0 aliphatic rings. The lowest BCUT2D eigenvalue weighted by Crippen LogP contribution is -2.02. The molecule has 1 N–H and O–H groups in total. The molecule has 0 spiro atoms. The van der Waals surface area contributed by atoms with Crippen LogP contribution in [0.2, 0.25) is 0 Å². The second-order valence-electron chi connectivity index (χ2n) is 4.05. The average molecular weight is 302 g/mol. The van der Waals surface area contributed by atoms with Crippen LogP contribution < -0.4 is 0 Å². The highest BCUT2D eigenvalue weighted by atomic mass is 79.9. The van der Waals surface area contributed by atoms with Gasteiger partial charge >= 0.3 is 0 Å². The minimum atomic E-state index is -0.559. The van der Waals surface area contributed by atoms with Gasteiger partial charge in [-0.2, -0.15) is 5.26 Å². The predicted molar refractivity (Wildman–Crippen MR) is 74.0 cm³/mol. The summed E-state index contributed by atoms with van der Waals surface area (Å²) in [6, 6.07) is 16.9. The second-order valence-corrected chi connectivity index (χ2v) is 4.90. The van der Waals surface area contributed by atoms with E-state index in [9.17, 15) is 5.11 Å². The third-order valence-electron chi connectivity index (χ3n) is 2.80. The van der Waals surface area contributed by atoms with Gasteiger partial charge in [-0.05, 0) is 29.3 Å². The summed E-state index contributed by atoms with van der Waals surface area (Å²) < 4.78 is 0.998. The molecule has 1 unspecified atom stereocenters. The molecule has 1 atom stereocenters. The van der Waals surface area contributed by atoms with Crippen molar-refractivity contribution in [3.05, 3.63) is 69.7 Å². The maximum atomic E-state index is 10.2. The molecule has 0 bridgehead atoms. The Morgan fingerprint density at radius 1 is 1.11 bits per heavy atom. The number of aliphatic hydroxyl groups is 1. The molecule has 0 heterocycles. The molecule has 2 rings (SSSR count). The maximum Gasteiger partial charge on any atom is 0.0991 e. The van der Waals surface area contributed by atoms with Gasteiger partial charge in [-0.15, -0.1) is 0 Å². The fourth-order valence-electron chi connectivity index (χ4n) is 1.77. The summed E-state index contributed by atoms with van der Waals surface area (Å²) in [7, 11) is 0. The van der Waals surface area contributed by atoms with Crippen molar-refractivity contribution in [2.75, 3.05) is 0 Å². The van der Waals surface area contributed by atoms with E-state index in [1.54, 1.807) is 24.3 Å². The Labute approximate surface area is 115 Å². The largest absolute Gasteiger partial charge is 0.388 e. The number of nitrogens with zero attached hydrogens (tertiary/aromatic N) is 1. The van der Waals surface area contributed by atoms with Crippen LogP contribution in [0.1, 0.15) is 22.8 Å². The molecule has 18 heavy (non-hydrogen) atoms. The fraction of sp³-hybridized carbons (Fsp3) is 0.133. The first kappa shape index (κ1) is 12.8. The van der Waals surface area contributed by atoms with Crippen molar-refractivity contribution >= 4 is 15.9 Å². The number of aliphatic hydroxyl groups excluding tert-OH is 1. The van der Waals surface area contributed by atoms with Crippen molar-refractivity contribution in [1.29, 1.82) is 5.26 Å². The first-order valence-corrected chi connectivity index (χ1v) is 6.41. The zero-order chi connectivity index (χ0) is 13.0. The molecular weight excluding hydrogens is 290 g/mol. The van der Waals surface area contributed by atoms with Gasteiger partial charge in [-0.25, -0.2) is 0 Å². The van der Waals surface area contributed by atoms with Gasteiger partial charge in [-0.1, -0.05) is 46.3 Å². The quantitative estimate of drug-likeness (QED) is 0.941. The molecule has 0 aliphatic heterocycles. The lowest BCUT2D eigenvalue weighted by Gasteiger charge is -2.12. The van der Waals surface area contributed by atoms with Crippen molar-refractivity contribution < 1.29 is 5.11 Å². The Hall–Kier alpha value is -1.63. The molecular formula is C15H12BrNO. The molecule has 0 aliphatic carbocycles. The molecule has 0 fully saturated rings. The minimum Gasteiger partial charge on any atom is -0.388 e. The topological polar surface area (TPSA) is 44.0 Å². The van der Waals surface area contributed by atoms with Crippen LogP contribution in [0.15, 0.2) is 53.0 Å². The van der Waals surface area contributed by atoms with Crippen LogP contribution in [0.25, 0.3) is 0 Å². The highest BCUT2D eigenvalue weighted by molar-refractivity contribution is 9.10. The van der Waals surface area contributed by atoms with Gasteiger partial charge in [0.25, 0.3) is 0 Å². The lowest BCUT2D eigenvalue weighted by molar-refractivity contribution is 0.178. The number of hydrogen-bond donors (Lipinski definition) is 1. The maximum absolute atomic E-state index is 10.2. The molecule has 2 nitrogen and oxygen atoms in total. The Bertz CT molecular complexity index is 572. The molecule has 2 aromatic carbocycles. The van der Waals surface area contributed by atoms with E-state index in [0.29, 0.717) is 12.0 Å². The van der Waals surface area contributed by atoms with E-state index in [2.05, 4.69) is 22.0 Å². The number of halogens is 1. The predicted octanol–water partition coefficient (Wildman–Crippen LogP) is 3.60. The summed E-state index contributed by atoms with van der Waals surface area (Å²) in [5.74, 6) is 0. The van der Waals surface area contributed by atoms with Crippen LogP contribution in [0.3, 0.4) is 0 Å². The highest BCUT2D eigenvalue weighted by Gasteiger charge is 2.10. The minimum absolute atomic E-state index is 0.549. The summed E-state index contributed by atoms with van der Waals surface area (Å²) in [6.45, 7) is 0. The third-order valence-corrected chi connectivity index (χ3v) is 3.57. The Balaban J connectivity index is 2.15. The Morgan fingerprint density at radius 3 is 2.39 bits per heavy atom. The first-order chi connectivity index (χ1) is 8.70. The van der Waals surface area contributed by atoms with E-state index in [0.717, 1.165) is 15.6 Å². The van der Waals surface area contributed by atoms with Crippen LogP contribution in [-0.2, 0) is 6.42 Å². The van der Waals surface area contributed by atoms with E-state index in [1.807, 2.05) is 24.3 Å². The van der Waals surface area contributed by atoms with Crippen LogP contribution in [0.4, 0.5) is 0 Å². The smallest absolute Gasteiger partial charge is 0.0991 e. The van der Waals surface area contributed by atoms with Gasteiger partial charge in [0.2, 0.25) is 0 Å². The SMILES string of the molecule is N#Cc1ccc(C(O)Cc2ccccc2Br)cc1. The summed E-state index contributed by atoms with van der Waals surface area (Å²) in [5.41, 5.74) is 2.49. The van der Waals surface area contributed by atoms with Crippen molar-refractivity contribution in [3.8, 4) is 6.07 Å². The number of rotatable bonds is 3. The molecule has 0 radical (unpaired) electrons. The molecule has 0 saturated heterocycles. The van der Waals surface area contributed by atoms with E-state index in [4.69, 9.17) is 5.26 Å². The fourth-order valence-corrected chi connectivity index (χ4v) is 2.22. The monoisotopic (exact) mass is 301 g/mol. The van der Waals surface area contributed by atoms with Crippen molar-refractivity contribution in [2.24, 2.45) is 0 Å². The van der Waals surface area contributed by atoms with E-state index < -0.39 is 6.10 Å². The molecule has 3 heteroatoms. The Kier molecular flexibility index (Phi) is 4.14. The van der Waals surface area contributed by atoms with Gasteiger partial charge in [0.15, 0.2) is 0 Å². The normalized spacial score (nSPS) is 11.8. The standard InChI is InChI=1S/C15H12BrNO/c16-14-4-2-1-3-13(14)9-15(18)12-7-5-11(10-17)6-8-12/h1-8,15,18H,9H2. The number of benzene rings is 2.